The molecule has 3 nitrogen and oxygen atoms in total. The van der Waals surface area contributed by atoms with Gasteiger partial charge in [-0.3, -0.25) is 4.99 Å². The van der Waals surface area contributed by atoms with Crippen LogP contribution < -0.4 is 4.90 Å². The minimum absolute atomic E-state index is 0.0116. The molecule has 0 bridgehead atoms. The summed E-state index contributed by atoms with van der Waals surface area (Å²) < 4.78 is 0. The number of anilines is 1. The van der Waals surface area contributed by atoms with Crippen molar-refractivity contribution in [2.24, 2.45) is 15.9 Å². The Morgan fingerprint density at radius 2 is 1.07 bits per heavy atom. The first kappa shape index (κ1) is 35.1. The predicted octanol–water partition coefficient (Wildman–Crippen LogP) is 13.6. The van der Waals surface area contributed by atoms with E-state index >= 15 is 0 Å². The molecule has 2 unspecified atom stereocenters. The summed E-state index contributed by atoms with van der Waals surface area (Å²) in [5, 5.41) is 0. The van der Waals surface area contributed by atoms with E-state index in [4.69, 9.17) is 9.98 Å². The smallest absolute Gasteiger partial charge is 0.155 e. The fourth-order valence-corrected chi connectivity index (χ4v) is 7.87. The second-order valence-electron chi connectivity index (χ2n) is 14.9. The quantitative estimate of drug-likeness (QED) is 0.146. The Kier molecular flexibility index (Phi) is 10.1. The molecular weight excluding hydrogens is 679 g/mol. The van der Waals surface area contributed by atoms with E-state index in [1.54, 1.807) is 0 Å². The lowest BCUT2D eigenvalue weighted by Gasteiger charge is -2.30. The maximum atomic E-state index is 5.14. The van der Waals surface area contributed by atoms with Crippen molar-refractivity contribution in [1.82, 2.24) is 0 Å². The molecule has 3 heteroatoms. The van der Waals surface area contributed by atoms with Gasteiger partial charge in [0, 0.05) is 29.1 Å². The third-order valence-electron chi connectivity index (χ3n) is 11.0. The van der Waals surface area contributed by atoms with Gasteiger partial charge in [0.05, 0.1) is 11.8 Å². The molecular formula is C53H45N3. The van der Waals surface area contributed by atoms with Crippen LogP contribution in [0, 0.1) is 5.92 Å². The molecule has 0 spiro atoms. The predicted molar refractivity (Wildman–Crippen MR) is 236 cm³/mol. The molecule has 6 aromatic rings. The molecule has 0 fully saturated rings. The SMILES string of the molecule is CC1C=CC(N(C2=CCCC=C2)c2ccc(-c3cc(-c4ccccc4)cc(-c4ccc(C5=NC(c6ccccc6)=NC(c6ccccc6)C5)cc4)c3)cc2)=CC1. The first-order valence-electron chi connectivity index (χ1n) is 19.9. The lowest BCUT2D eigenvalue weighted by atomic mass is 9.91. The number of benzene rings is 6. The summed E-state index contributed by atoms with van der Waals surface area (Å²) in [7, 11) is 0. The highest BCUT2D eigenvalue weighted by molar-refractivity contribution is 6.14. The molecule has 3 aliphatic rings. The number of aliphatic imine (C=N–C) groups is 2. The fourth-order valence-electron chi connectivity index (χ4n) is 7.87. The second kappa shape index (κ2) is 16.0. The van der Waals surface area contributed by atoms with Crippen molar-refractivity contribution in [3.05, 3.63) is 222 Å². The van der Waals surface area contributed by atoms with Crippen LogP contribution in [0.25, 0.3) is 33.4 Å². The van der Waals surface area contributed by atoms with E-state index in [1.807, 2.05) is 6.07 Å². The summed E-state index contributed by atoms with van der Waals surface area (Å²) >= 11 is 0. The average Bonchev–Trinajstić information content (AvgIpc) is 3.28. The summed E-state index contributed by atoms with van der Waals surface area (Å²) in [6.45, 7) is 2.28. The van der Waals surface area contributed by atoms with Gasteiger partial charge in [0.2, 0.25) is 0 Å². The lowest BCUT2D eigenvalue weighted by molar-refractivity contribution is 0.727. The Bertz CT molecular complexity index is 2500. The van der Waals surface area contributed by atoms with E-state index in [9.17, 15) is 0 Å². The Hall–Kier alpha value is -6.58. The summed E-state index contributed by atoms with van der Waals surface area (Å²) in [5.74, 6) is 1.35. The van der Waals surface area contributed by atoms with Gasteiger partial charge in [-0.15, -0.1) is 0 Å². The van der Waals surface area contributed by atoms with E-state index in [2.05, 4.69) is 200 Å². The molecule has 0 aromatic heterocycles. The topological polar surface area (TPSA) is 28.0 Å². The zero-order valence-electron chi connectivity index (χ0n) is 31.8. The molecule has 1 aliphatic heterocycles. The van der Waals surface area contributed by atoms with Crippen LogP contribution in [0.1, 0.15) is 55.3 Å². The Morgan fingerprint density at radius 3 is 1.66 bits per heavy atom. The first-order valence-corrected chi connectivity index (χ1v) is 19.9. The van der Waals surface area contributed by atoms with Crippen molar-refractivity contribution in [3.8, 4) is 33.4 Å². The Morgan fingerprint density at radius 1 is 0.518 bits per heavy atom. The number of hydrogen-bond donors (Lipinski definition) is 0. The molecule has 6 aromatic carbocycles. The molecule has 1 heterocycles. The highest BCUT2D eigenvalue weighted by Gasteiger charge is 2.22. The standard InChI is InChI=1S/C53H45N3/c1-38-22-30-49(31-23-38)56(48-20-12-5-13-21-48)50-32-28-41(29-33-50)47-35-45(39-14-6-2-7-15-39)34-46(36-47)40-24-26-43(27-25-40)52-37-51(42-16-8-3-9-17-42)54-53(55-52)44-18-10-4-11-19-44/h2-4,6-12,14-22,24-36,38,51H,5,13,23,37H2,1H3. The molecule has 0 radical (unpaired) electrons. The largest absolute Gasteiger partial charge is 0.311 e. The molecule has 9 rings (SSSR count). The van der Waals surface area contributed by atoms with Crippen LogP contribution in [-0.4, -0.2) is 11.5 Å². The van der Waals surface area contributed by atoms with Crippen LogP contribution in [0.2, 0.25) is 0 Å². The zero-order valence-corrected chi connectivity index (χ0v) is 31.8. The van der Waals surface area contributed by atoms with E-state index in [0.29, 0.717) is 5.92 Å². The number of nitrogens with zero attached hydrogens (tertiary/aromatic N) is 3. The van der Waals surface area contributed by atoms with Crippen LogP contribution in [-0.2, 0) is 0 Å². The van der Waals surface area contributed by atoms with E-state index < -0.39 is 0 Å². The van der Waals surface area contributed by atoms with Crippen molar-refractivity contribution in [1.29, 1.82) is 0 Å². The first-order chi connectivity index (χ1) is 27.6. The van der Waals surface area contributed by atoms with Gasteiger partial charge in [-0.05, 0) is 112 Å². The van der Waals surface area contributed by atoms with Gasteiger partial charge in [-0.25, -0.2) is 4.99 Å². The van der Waals surface area contributed by atoms with Crippen molar-refractivity contribution in [2.45, 2.75) is 38.6 Å². The van der Waals surface area contributed by atoms with Gasteiger partial charge in [-0.1, -0.05) is 159 Å². The van der Waals surface area contributed by atoms with Crippen molar-refractivity contribution in [2.75, 3.05) is 4.90 Å². The lowest BCUT2D eigenvalue weighted by Crippen LogP contribution is -2.22. The zero-order chi connectivity index (χ0) is 37.7. The summed E-state index contributed by atoms with van der Waals surface area (Å²) in [6.07, 6.45) is 17.9. The molecule has 272 valence electrons. The third kappa shape index (κ3) is 7.67. The van der Waals surface area contributed by atoms with Crippen LogP contribution >= 0.6 is 0 Å². The minimum atomic E-state index is 0.0116. The van der Waals surface area contributed by atoms with Gasteiger partial charge in [0.25, 0.3) is 0 Å². The Balaban J connectivity index is 1.05. The summed E-state index contributed by atoms with van der Waals surface area (Å²) in [5.41, 5.74) is 15.2. The maximum Gasteiger partial charge on any atom is 0.155 e. The van der Waals surface area contributed by atoms with Crippen molar-refractivity contribution < 1.29 is 0 Å². The van der Waals surface area contributed by atoms with Gasteiger partial charge < -0.3 is 4.90 Å². The highest BCUT2D eigenvalue weighted by Crippen LogP contribution is 2.37. The third-order valence-corrected chi connectivity index (χ3v) is 11.0. The molecule has 2 atom stereocenters. The monoisotopic (exact) mass is 723 g/mol. The van der Waals surface area contributed by atoms with Gasteiger partial charge >= 0.3 is 0 Å². The van der Waals surface area contributed by atoms with Gasteiger partial charge in [0.15, 0.2) is 5.84 Å². The summed E-state index contributed by atoms with van der Waals surface area (Å²) in [4.78, 5) is 12.7. The number of amidine groups is 1. The van der Waals surface area contributed by atoms with Crippen LogP contribution in [0.3, 0.4) is 0 Å². The molecule has 56 heavy (non-hydrogen) atoms. The van der Waals surface area contributed by atoms with E-state index in [-0.39, 0.29) is 6.04 Å². The van der Waals surface area contributed by atoms with Crippen LogP contribution in [0.4, 0.5) is 5.69 Å². The fraction of sp³-hybridized carbons (Fsp3) is 0.132. The maximum absolute atomic E-state index is 5.14. The minimum Gasteiger partial charge on any atom is -0.311 e. The average molecular weight is 724 g/mol. The molecule has 0 saturated carbocycles. The van der Waals surface area contributed by atoms with Crippen molar-refractivity contribution >= 4 is 17.2 Å². The molecule has 0 amide bonds. The Labute approximate surface area is 331 Å². The van der Waals surface area contributed by atoms with E-state index in [0.717, 1.165) is 48.4 Å². The van der Waals surface area contributed by atoms with Crippen LogP contribution in [0.5, 0.6) is 0 Å². The summed E-state index contributed by atoms with van der Waals surface area (Å²) in [6, 6.07) is 56.6. The molecule has 0 saturated heterocycles. The molecule has 2 aliphatic carbocycles. The van der Waals surface area contributed by atoms with Crippen LogP contribution in [0.15, 0.2) is 216 Å². The molecule has 0 N–H and O–H groups in total. The van der Waals surface area contributed by atoms with E-state index in [1.165, 1.54) is 56.0 Å². The highest BCUT2D eigenvalue weighted by atomic mass is 15.2. The number of rotatable bonds is 9. The second-order valence-corrected chi connectivity index (χ2v) is 14.9. The van der Waals surface area contributed by atoms with Gasteiger partial charge in [-0.2, -0.15) is 0 Å². The number of hydrogen-bond acceptors (Lipinski definition) is 3. The van der Waals surface area contributed by atoms with Gasteiger partial charge in [0.1, 0.15) is 0 Å². The normalized spacial score (nSPS) is 17.7. The number of allylic oxidation sites excluding steroid dienone is 6. The van der Waals surface area contributed by atoms with Crippen molar-refractivity contribution in [3.63, 3.8) is 0 Å².